The number of amides is 1. The number of carbonyl (C=O) groups is 1. The molecule has 0 bridgehead atoms. The Balaban J connectivity index is 2.68. The second kappa shape index (κ2) is 8.45. The highest BCUT2D eigenvalue weighted by Crippen LogP contribution is 2.16. The Morgan fingerprint density at radius 2 is 1.87 bits per heavy atom. The average Bonchev–Trinajstić information content (AvgIpc) is 2.44. The standard InChI is InChI=1S/C17H28N2O3S/c1-13(2)8-10-19(16(5)20)11-9-18-23(21,22)17-12-14(3)6-7-15(17)4/h6-7,12-13,18H,8-11H2,1-5H3. The van der Waals surface area contributed by atoms with Crippen molar-refractivity contribution in [2.45, 2.75) is 45.9 Å². The van der Waals surface area contributed by atoms with E-state index in [1.807, 2.05) is 13.0 Å². The van der Waals surface area contributed by atoms with Gasteiger partial charge < -0.3 is 4.90 Å². The van der Waals surface area contributed by atoms with Crippen LogP contribution in [0.15, 0.2) is 23.1 Å². The minimum absolute atomic E-state index is 0.0309. The van der Waals surface area contributed by atoms with Gasteiger partial charge in [0.1, 0.15) is 0 Å². The fourth-order valence-electron chi connectivity index (χ4n) is 2.23. The van der Waals surface area contributed by atoms with Crippen LogP contribution < -0.4 is 4.72 Å². The lowest BCUT2D eigenvalue weighted by molar-refractivity contribution is -0.128. The van der Waals surface area contributed by atoms with Crippen LogP contribution in [-0.2, 0) is 14.8 Å². The van der Waals surface area contributed by atoms with Crippen molar-refractivity contribution >= 4 is 15.9 Å². The smallest absolute Gasteiger partial charge is 0.240 e. The molecule has 1 amide bonds. The number of rotatable bonds is 8. The number of aryl methyl sites for hydroxylation is 2. The molecule has 5 nitrogen and oxygen atoms in total. The Labute approximate surface area is 140 Å². The van der Waals surface area contributed by atoms with Crippen LogP contribution in [-0.4, -0.2) is 38.9 Å². The Morgan fingerprint density at radius 3 is 2.43 bits per heavy atom. The molecule has 1 N–H and O–H groups in total. The maximum atomic E-state index is 12.4. The number of carbonyl (C=O) groups excluding carboxylic acids is 1. The first-order chi connectivity index (χ1) is 10.6. The molecule has 1 aromatic rings. The summed E-state index contributed by atoms with van der Waals surface area (Å²) >= 11 is 0. The van der Waals surface area contributed by atoms with Gasteiger partial charge >= 0.3 is 0 Å². The van der Waals surface area contributed by atoms with Gasteiger partial charge in [0.05, 0.1) is 4.90 Å². The minimum Gasteiger partial charge on any atom is -0.342 e. The third kappa shape index (κ3) is 6.31. The minimum atomic E-state index is -3.55. The lowest BCUT2D eigenvalue weighted by Crippen LogP contribution is -2.38. The summed E-state index contributed by atoms with van der Waals surface area (Å²) in [5, 5.41) is 0. The van der Waals surface area contributed by atoms with Gasteiger partial charge in [0.25, 0.3) is 0 Å². The van der Waals surface area contributed by atoms with Gasteiger partial charge in [-0.2, -0.15) is 0 Å². The Bertz CT molecular complexity index is 639. The van der Waals surface area contributed by atoms with E-state index in [1.54, 1.807) is 24.0 Å². The first-order valence-electron chi connectivity index (χ1n) is 7.96. The van der Waals surface area contributed by atoms with Gasteiger partial charge in [-0.15, -0.1) is 0 Å². The summed E-state index contributed by atoms with van der Waals surface area (Å²) in [6.07, 6.45) is 0.906. The van der Waals surface area contributed by atoms with Crippen molar-refractivity contribution < 1.29 is 13.2 Å². The van der Waals surface area contributed by atoms with E-state index in [0.29, 0.717) is 29.5 Å². The molecular weight excluding hydrogens is 312 g/mol. The zero-order valence-electron chi connectivity index (χ0n) is 14.7. The van der Waals surface area contributed by atoms with Gasteiger partial charge in [-0.1, -0.05) is 26.0 Å². The monoisotopic (exact) mass is 340 g/mol. The molecule has 0 aromatic heterocycles. The molecular formula is C17H28N2O3S. The van der Waals surface area contributed by atoms with Gasteiger partial charge in [0.15, 0.2) is 0 Å². The number of benzene rings is 1. The average molecular weight is 340 g/mol. The van der Waals surface area contributed by atoms with Gasteiger partial charge in [0.2, 0.25) is 15.9 Å². The normalized spacial score (nSPS) is 11.7. The van der Waals surface area contributed by atoms with Crippen LogP contribution in [0.3, 0.4) is 0 Å². The van der Waals surface area contributed by atoms with Crippen LogP contribution >= 0.6 is 0 Å². The topological polar surface area (TPSA) is 66.5 Å². The van der Waals surface area contributed by atoms with Crippen molar-refractivity contribution in [1.82, 2.24) is 9.62 Å². The molecule has 6 heteroatoms. The second-order valence-electron chi connectivity index (χ2n) is 6.36. The van der Waals surface area contributed by atoms with Crippen molar-refractivity contribution in [1.29, 1.82) is 0 Å². The van der Waals surface area contributed by atoms with Gasteiger partial charge in [0, 0.05) is 26.6 Å². The Kier molecular flexibility index (Phi) is 7.22. The molecule has 0 aliphatic carbocycles. The summed E-state index contributed by atoms with van der Waals surface area (Å²) in [7, 11) is -3.55. The van der Waals surface area contributed by atoms with Crippen LogP contribution in [0.2, 0.25) is 0 Å². The zero-order chi connectivity index (χ0) is 17.6. The number of hydrogen-bond donors (Lipinski definition) is 1. The molecule has 0 atom stereocenters. The highest BCUT2D eigenvalue weighted by molar-refractivity contribution is 7.89. The molecule has 1 aromatic carbocycles. The highest BCUT2D eigenvalue weighted by Gasteiger charge is 2.17. The molecule has 0 fully saturated rings. The van der Waals surface area contributed by atoms with Crippen LogP contribution in [0.4, 0.5) is 0 Å². The summed E-state index contributed by atoms with van der Waals surface area (Å²) < 4.78 is 27.4. The van der Waals surface area contributed by atoms with Crippen molar-refractivity contribution in [3.63, 3.8) is 0 Å². The molecule has 0 heterocycles. The Hall–Kier alpha value is -1.40. The van der Waals surface area contributed by atoms with E-state index in [4.69, 9.17) is 0 Å². The van der Waals surface area contributed by atoms with E-state index in [9.17, 15) is 13.2 Å². The van der Waals surface area contributed by atoms with E-state index in [2.05, 4.69) is 18.6 Å². The first kappa shape index (κ1) is 19.6. The second-order valence-corrected chi connectivity index (χ2v) is 8.09. The summed E-state index contributed by atoms with van der Waals surface area (Å²) in [4.78, 5) is 13.6. The SMILES string of the molecule is CC(=O)N(CCNS(=O)(=O)c1cc(C)ccc1C)CCC(C)C. The van der Waals surface area contributed by atoms with Crippen molar-refractivity contribution in [2.24, 2.45) is 5.92 Å². The van der Waals surface area contributed by atoms with E-state index in [0.717, 1.165) is 12.0 Å². The van der Waals surface area contributed by atoms with Crippen LogP contribution in [0, 0.1) is 19.8 Å². The zero-order valence-corrected chi connectivity index (χ0v) is 15.5. The molecule has 0 aliphatic rings. The summed E-state index contributed by atoms with van der Waals surface area (Å²) in [5.41, 5.74) is 1.62. The van der Waals surface area contributed by atoms with Gasteiger partial charge in [-0.05, 0) is 43.4 Å². The predicted molar refractivity (Wildman–Crippen MR) is 92.8 cm³/mol. The van der Waals surface area contributed by atoms with Crippen LogP contribution in [0.1, 0.15) is 38.3 Å². The predicted octanol–water partition coefficient (Wildman–Crippen LogP) is 2.48. The molecule has 0 unspecified atom stereocenters. The molecule has 0 saturated heterocycles. The summed E-state index contributed by atoms with van der Waals surface area (Å²) in [6.45, 7) is 10.6. The quantitative estimate of drug-likeness (QED) is 0.790. The third-order valence-corrected chi connectivity index (χ3v) is 5.33. The summed E-state index contributed by atoms with van der Waals surface area (Å²) in [6, 6.07) is 5.35. The van der Waals surface area contributed by atoms with Gasteiger partial charge in [-0.3, -0.25) is 4.79 Å². The number of nitrogens with zero attached hydrogens (tertiary/aromatic N) is 1. The van der Waals surface area contributed by atoms with Gasteiger partial charge in [-0.25, -0.2) is 13.1 Å². The lowest BCUT2D eigenvalue weighted by Gasteiger charge is -2.22. The maximum Gasteiger partial charge on any atom is 0.240 e. The van der Waals surface area contributed by atoms with E-state index in [-0.39, 0.29) is 12.5 Å². The maximum absolute atomic E-state index is 12.4. The van der Waals surface area contributed by atoms with Crippen molar-refractivity contribution in [2.75, 3.05) is 19.6 Å². The van der Waals surface area contributed by atoms with E-state index < -0.39 is 10.0 Å². The fourth-order valence-corrected chi connectivity index (χ4v) is 3.58. The lowest BCUT2D eigenvalue weighted by atomic mass is 10.1. The third-order valence-electron chi connectivity index (χ3n) is 3.73. The van der Waals surface area contributed by atoms with Crippen LogP contribution in [0.5, 0.6) is 0 Å². The van der Waals surface area contributed by atoms with E-state index in [1.165, 1.54) is 6.92 Å². The number of hydrogen-bond acceptors (Lipinski definition) is 3. The van der Waals surface area contributed by atoms with Crippen molar-refractivity contribution in [3.05, 3.63) is 29.3 Å². The summed E-state index contributed by atoms with van der Waals surface area (Å²) in [5.74, 6) is 0.472. The molecule has 23 heavy (non-hydrogen) atoms. The molecule has 1 rings (SSSR count). The van der Waals surface area contributed by atoms with Crippen LogP contribution in [0.25, 0.3) is 0 Å². The molecule has 130 valence electrons. The number of nitrogens with one attached hydrogen (secondary N) is 1. The largest absolute Gasteiger partial charge is 0.342 e. The fraction of sp³-hybridized carbons (Fsp3) is 0.588. The molecule has 0 saturated carbocycles. The van der Waals surface area contributed by atoms with E-state index >= 15 is 0 Å². The first-order valence-corrected chi connectivity index (χ1v) is 9.44. The molecule has 0 spiro atoms. The Morgan fingerprint density at radius 1 is 1.22 bits per heavy atom. The van der Waals surface area contributed by atoms with Crippen molar-refractivity contribution in [3.8, 4) is 0 Å². The number of sulfonamides is 1. The molecule has 0 radical (unpaired) electrons. The highest BCUT2D eigenvalue weighted by atomic mass is 32.2. The molecule has 0 aliphatic heterocycles.